The predicted octanol–water partition coefficient (Wildman–Crippen LogP) is 8.00. The Morgan fingerprint density at radius 1 is 0.793 bits per heavy atom. The molecule has 0 spiro atoms. The van der Waals surface area contributed by atoms with Crippen LogP contribution < -0.4 is 0 Å². The Hall–Kier alpha value is -0.0400. The maximum absolute atomic E-state index is 10.2. The lowest BCUT2D eigenvalue weighted by molar-refractivity contribution is -0.127. The van der Waals surface area contributed by atoms with Crippen LogP contribution in [0.4, 0.5) is 0 Å². The van der Waals surface area contributed by atoms with Crippen LogP contribution in [-0.4, -0.2) is 11.2 Å². The van der Waals surface area contributed by atoms with Gasteiger partial charge in [0, 0.05) is 0 Å². The van der Waals surface area contributed by atoms with Gasteiger partial charge in [-0.1, -0.05) is 53.9 Å². The van der Waals surface area contributed by atoms with E-state index >= 15 is 0 Å². The average molecular weight is 403 g/mol. The molecule has 29 heavy (non-hydrogen) atoms. The number of fused-ring (bicyclic) bond motifs is 5. The smallest absolute Gasteiger partial charge is 0.0543 e. The molecule has 1 nitrogen and oxygen atoms in total. The Morgan fingerprint density at radius 2 is 1.52 bits per heavy atom. The summed E-state index contributed by atoms with van der Waals surface area (Å²) >= 11 is 0. The summed E-state index contributed by atoms with van der Waals surface area (Å²) in [6.45, 7) is 12.5. The summed E-state index contributed by atoms with van der Waals surface area (Å²) in [6.07, 6.45) is 19.6. The van der Waals surface area contributed by atoms with Gasteiger partial charge in [0.15, 0.2) is 0 Å². The van der Waals surface area contributed by atoms with Crippen molar-refractivity contribution < 1.29 is 5.11 Å². The van der Waals surface area contributed by atoms with Crippen molar-refractivity contribution in [3.8, 4) is 0 Å². The maximum atomic E-state index is 10.2. The minimum Gasteiger partial charge on any atom is -0.393 e. The first-order valence-corrected chi connectivity index (χ1v) is 13.3. The lowest BCUT2D eigenvalue weighted by Gasteiger charge is -2.61. The van der Waals surface area contributed by atoms with E-state index in [1.807, 2.05) is 0 Å². The fraction of sp³-hybridized carbons (Fsp3) is 1.00. The molecule has 8 atom stereocenters. The molecule has 168 valence electrons. The summed E-state index contributed by atoms with van der Waals surface area (Å²) < 4.78 is 0. The molecular formula is C28H50O. The normalized spacial score (nSPS) is 47.4. The van der Waals surface area contributed by atoms with Crippen LogP contribution in [-0.2, 0) is 0 Å². The van der Waals surface area contributed by atoms with Crippen molar-refractivity contribution >= 4 is 0 Å². The molecule has 0 radical (unpaired) electrons. The van der Waals surface area contributed by atoms with Gasteiger partial charge >= 0.3 is 0 Å². The lowest BCUT2D eigenvalue weighted by Crippen LogP contribution is -2.53. The highest BCUT2D eigenvalue weighted by atomic mass is 16.3. The molecule has 0 heterocycles. The lowest BCUT2D eigenvalue weighted by atomic mass is 9.44. The maximum Gasteiger partial charge on any atom is 0.0543 e. The molecule has 1 heteroatoms. The Labute approximate surface area is 181 Å². The highest BCUT2D eigenvalue weighted by Crippen LogP contribution is 2.67. The number of aliphatic hydroxyl groups excluding tert-OH is 1. The summed E-state index contributed by atoms with van der Waals surface area (Å²) in [5.74, 6) is 4.76. The fourth-order valence-electron chi connectivity index (χ4n) is 9.04. The number of hydrogen-bond donors (Lipinski definition) is 1. The molecular weight excluding hydrogens is 352 g/mol. The van der Waals surface area contributed by atoms with Gasteiger partial charge in [0.05, 0.1) is 6.10 Å². The highest BCUT2D eigenvalue weighted by molar-refractivity contribution is 5.09. The Morgan fingerprint density at radius 3 is 2.28 bits per heavy atom. The second-order valence-electron chi connectivity index (χ2n) is 13.6. The Bertz CT molecular complexity index is 561. The SMILES string of the molecule is CC(C)(C)CCCCCC1CCC2C3CCC4CC(O)CCC4(C)C3CCC12C. The predicted molar refractivity (Wildman–Crippen MR) is 124 cm³/mol. The monoisotopic (exact) mass is 402 g/mol. The topological polar surface area (TPSA) is 20.2 Å². The molecule has 8 unspecified atom stereocenters. The van der Waals surface area contributed by atoms with E-state index in [1.54, 1.807) is 0 Å². The zero-order valence-corrected chi connectivity index (χ0v) is 20.3. The molecule has 0 amide bonds. The van der Waals surface area contributed by atoms with Gasteiger partial charge in [-0.05, 0) is 116 Å². The second-order valence-corrected chi connectivity index (χ2v) is 13.6. The van der Waals surface area contributed by atoms with Crippen LogP contribution in [0, 0.1) is 45.8 Å². The van der Waals surface area contributed by atoms with E-state index in [0.29, 0.717) is 16.2 Å². The zero-order valence-electron chi connectivity index (χ0n) is 20.3. The summed E-state index contributed by atoms with van der Waals surface area (Å²) in [5, 5.41) is 10.2. The first kappa shape index (κ1) is 22.2. The van der Waals surface area contributed by atoms with Crippen LogP contribution in [0.5, 0.6) is 0 Å². The third-order valence-electron chi connectivity index (χ3n) is 10.8. The van der Waals surface area contributed by atoms with E-state index in [9.17, 15) is 5.11 Å². The minimum atomic E-state index is -0.00683. The molecule has 0 aromatic heterocycles. The molecule has 0 aromatic carbocycles. The summed E-state index contributed by atoms with van der Waals surface area (Å²) in [5.41, 5.74) is 1.68. The third kappa shape index (κ3) is 4.20. The van der Waals surface area contributed by atoms with Crippen molar-refractivity contribution in [3.05, 3.63) is 0 Å². The van der Waals surface area contributed by atoms with Gasteiger partial charge in [-0.25, -0.2) is 0 Å². The molecule has 4 rings (SSSR count). The number of aliphatic hydroxyl groups is 1. The molecule has 4 aliphatic rings. The van der Waals surface area contributed by atoms with Gasteiger partial charge in [-0.2, -0.15) is 0 Å². The fourth-order valence-corrected chi connectivity index (χ4v) is 9.04. The quantitative estimate of drug-likeness (QED) is 0.462. The van der Waals surface area contributed by atoms with Crippen LogP contribution >= 0.6 is 0 Å². The van der Waals surface area contributed by atoms with Crippen molar-refractivity contribution in [1.29, 1.82) is 0 Å². The van der Waals surface area contributed by atoms with Gasteiger partial charge in [0.1, 0.15) is 0 Å². The van der Waals surface area contributed by atoms with E-state index < -0.39 is 0 Å². The van der Waals surface area contributed by atoms with Crippen molar-refractivity contribution in [2.45, 2.75) is 131 Å². The highest BCUT2D eigenvalue weighted by Gasteiger charge is 2.59. The van der Waals surface area contributed by atoms with E-state index in [4.69, 9.17) is 0 Å². The van der Waals surface area contributed by atoms with E-state index in [-0.39, 0.29) is 6.10 Å². The van der Waals surface area contributed by atoms with Crippen molar-refractivity contribution in [3.63, 3.8) is 0 Å². The molecule has 0 bridgehead atoms. The Kier molecular flexibility index (Phi) is 6.22. The first-order chi connectivity index (χ1) is 13.6. The molecule has 4 aliphatic carbocycles. The van der Waals surface area contributed by atoms with Crippen molar-refractivity contribution in [2.24, 2.45) is 45.8 Å². The zero-order chi connectivity index (χ0) is 20.9. The van der Waals surface area contributed by atoms with E-state index in [2.05, 4.69) is 34.6 Å². The van der Waals surface area contributed by atoms with Gasteiger partial charge in [-0.3, -0.25) is 0 Å². The standard InChI is InChI=1S/C28H50O/c1-26(2,3)16-8-6-7-9-20-11-13-24-23-12-10-21-19-22(29)14-17-28(21,5)25(23)15-18-27(20,24)4/h20-25,29H,6-19H2,1-5H3. The molecule has 4 saturated carbocycles. The number of hydrogen-bond acceptors (Lipinski definition) is 1. The first-order valence-electron chi connectivity index (χ1n) is 13.3. The van der Waals surface area contributed by atoms with Crippen LogP contribution in [0.15, 0.2) is 0 Å². The summed E-state index contributed by atoms with van der Waals surface area (Å²) in [6, 6.07) is 0. The van der Waals surface area contributed by atoms with Crippen LogP contribution in [0.1, 0.15) is 125 Å². The summed E-state index contributed by atoms with van der Waals surface area (Å²) in [7, 11) is 0. The summed E-state index contributed by atoms with van der Waals surface area (Å²) in [4.78, 5) is 0. The molecule has 4 fully saturated rings. The van der Waals surface area contributed by atoms with Crippen LogP contribution in [0.2, 0.25) is 0 Å². The third-order valence-corrected chi connectivity index (χ3v) is 10.8. The largest absolute Gasteiger partial charge is 0.393 e. The van der Waals surface area contributed by atoms with Crippen LogP contribution in [0.3, 0.4) is 0 Å². The number of rotatable bonds is 5. The molecule has 0 aliphatic heterocycles. The molecule has 0 aromatic rings. The number of unbranched alkanes of at least 4 members (excludes halogenated alkanes) is 2. The van der Waals surface area contributed by atoms with Crippen molar-refractivity contribution in [1.82, 2.24) is 0 Å². The van der Waals surface area contributed by atoms with Crippen LogP contribution in [0.25, 0.3) is 0 Å². The van der Waals surface area contributed by atoms with Gasteiger partial charge in [-0.15, -0.1) is 0 Å². The minimum absolute atomic E-state index is 0.00683. The van der Waals surface area contributed by atoms with Gasteiger partial charge in [0.2, 0.25) is 0 Å². The Balaban J connectivity index is 1.36. The molecule has 0 saturated heterocycles. The molecule has 1 N–H and O–H groups in total. The van der Waals surface area contributed by atoms with Crippen molar-refractivity contribution in [2.75, 3.05) is 0 Å². The van der Waals surface area contributed by atoms with E-state index in [1.165, 1.54) is 77.0 Å². The van der Waals surface area contributed by atoms with E-state index in [0.717, 1.165) is 42.4 Å². The average Bonchev–Trinajstić information content (AvgIpc) is 2.98. The van der Waals surface area contributed by atoms with Gasteiger partial charge in [0.25, 0.3) is 0 Å². The second kappa shape index (κ2) is 8.14. The van der Waals surface area contributed by atoms with Gasteiger partial charge < -0.3 is 5.11 Å².